The maximum Gasteiger partial charge on any atom is 0.292 e. The Labute approximate surface area is 132 Å². The van der Waals surface area contributed by atoms with E-state index in [1.165, 1.54) is 11.6 Å². The van der Waals surface area contributed by atoms with Crippen molar-refractivity contribution < 1.29 is 10.0 Å². The molecule has 114 valence electrons. The van der Waals surface area contributed by atoms with Gasteiger partial charge in [0.25, 0.3) is 5.69 Å². The molecule has 0 saturated heterocycles. The zero-order valence-electron chi connectivity index (χ0n) is 11.7. The summed E-state index contributed by atoms with van der Waals surface area (Å²) in [6, 6.07) is 12.4. The minimum Gasteiger partial charge on any atom is -0.392 e. The Kier molecular flexibility index (Phi) is 4.00. The molecular weight excluding hydrogens is 304 g/mol. The van der Waals surface area contributed by atoms with Crippen LogP contribution in [0.25, 0.3) is 0 Å². The molecule has 2 unspecified atom stereocenters. The number of nitro groups is 1. The molecule has 0 heterocycles. The van der Waals surface area contributed by atoms with Gasteiger partial charge in [0.05, 0.1) is 11.5 Å². The Bertz CT molecular complexity index is 703. The fraction of sp³-hybridized carbons (Fsp3) is 0.250. The first-order chi connectivity index (χ1) is 10.6. The molecule has 2 atom stereocenters. The molecule has 2 aromatic rings. The maximum atomic E-state index is 11.1. The van der Waals surface area contributed by atoms with E-state index in [-0.39, 0.29) is 18.3 Å². The number of aliphatic hydroxyl groups excluding tert-OH is 1. The van der Waals surface area contributed by atoms with Crippen LogP contribution in [0.5, 0.6) is 0 Å². The van der Waals surface area contributed by atoms with Crippen LogP contribution in [-0.2, 0) is 6.61 Å². The van der Waals surface area contributed by atoms with Gasteiger partial charge in [0.2, 0.25) is 0 Å². The van der Waals surface area contributed by atoms with Crippen molar-refractivity contribution in [1.29, 1.82) is 0 Å². The topological polar surface area (TPSA) is 75.4 Å². The molecule has 1 aliphatic rings. The Morgan fingerprint density at radius 2 is 2.00 bits per heavy atom. The highest BCUT2D eigenvalue weighted by molar-refractivity contribution is 6.30. The number of halogens is 1. The van der Waals surface area contributed by atoms with Crippen LogP contribution >= 0.6 is 11.6 Å². The average Bonchev–Trinajstić information content (AvgIpc) is 3.26. The van der Waals surface area contributed by atoms with Crippen LogP contribution in [0.2, 0.25) is 5.02 Å². The summed E-state index contributed by atoms with van der Waals surface area (Å²) < 4.78 is 0. The van der Waals surface area contributed by atoms with Gasteiger partial charge in [-0.2, -0.15) is 0 Å². The van der Waals surface area contributed by atoms with Gasteiger partial charge in [0, 0.05) is 23.0 Å². The molecule has 22 heavy (non-hydrogen) atoms. The van der Waals surface area contributed by atoms with E-state index in [0.29, 0.717) is 22.2 Å². The number of hydrogen-bond donors (Lipinski definition) is 2. The maximum absolute atomic E-state index is 11.1. The third-order valence-corrected chi connectivity index (χ3v) is 4.12. The minimum absolute atomic E-state index is 0.0268. The summed E-state index contributed by atoms with van der Waals surface area (Å²) in [5, 5.41) is 24.2. The normalized spacial score (nSPS) is 19.7. The number of nitrogens with one attached hydrogen (secondary N) is 1. The first-order valence-corrected chi connectivity index (χ1v) is 7.36. The summed E-state index contributed by atoms with van der Waals surface area (Å²) in [6.45, 7) is -0.141. The summed E-state index contributed by atoms with van der Waals surface area (Å²) in [6.07, 6.45) is 0.919. The zero-order chi connectivity index (χ0) is 15.7. The number of hydrogen-bond acceptors (Lipinski definition) is 4. The third-order valence-electron chi connectivity index (χ3n) is 3.87. The van der Waals surface area contributed by atoms with Gasteiger partial charge in [0.1, 0.15) is 5.69 Å². The fourth-order valence-corrected chi connectivity index (χ4v) is 2.71. The number of benzene rings is 2. The van der Waals surface area contributed by atoms with Crippen LogP contribution in [0.15, 0.2) is 42.5 Å². The molecule has 0 aliphatic heterocycles. The van der Waals surface area contributed by atoms with Gasteiger partial charge >= 0.3 is 0 Å². The highest BCUT2D eigenvalue weighted by Crippen LogP contribution is 2.44. The van der Waals surface area contributed by atoms with Gasteiger partial charge < -0.3 is 10.4 Å². The Hall–Kier alpha value is -2.11. The molecule has 5 nitrogen and oxygen atoms in total. The highest BCUT2D eigenvalue weighted by Gasteiger charge is 2.39. The predicted octanol–water partition coefficient (Wildman–Crippen LogP) is 3.71. The molecule has 3 rings (SSSR count). The molecular formula is C16H15ClN2O3. The van der Waals surface area contributed by atoms with Gasteiger partial charge in [-0.1, -0.05) is 23.7 Å². The number of anilines is 1. The first kappa shape index (κ1) is 14.8. The minimum atomic E-state index is -0.414. The van der Waals surface area contributed by atoms with E-state index >= 15 is 0 Å². The smallest absolute Gasteiger partial charge is 0.292 e. The van der Waals surface area contributed by atoms with Crippen LogP contribution in [0.1, 0.15) is 23.5 Å². The lowest BCUT2D eigenvalue weighted by Gasteiger charge is -2.08. The lowest BCUT2D eigenvalue weighted by molar-refractivity contribution is -0.384. The van der Waals surface area contributed by atoms with Gasteiger partial charge in [-0.3, -0.25) is 10.1 Å². The number of aliphatic hydroxyl groups is 1. The molecule has 0 amide bonds. The van der Waals surface area contributed by atoms with Crippen molar-refractivity contribution in [2.45, 2.75) is 25.0 Å². The van der Waals surface area contributed by atoms with Crippen molar-refractivity contribution in [2.75, 3.05) is 5.32 Å². The van der Waals surface area contributed by atoms with Crippen molar-refractivity contribution in [3.63, 3.8) is 0 Å². The molecule has 6 heteroatoms. The molecule has 0 radical (unpaired) electrons. The number of nitro benzene ring substituents is 1. The zero-order valence-corrected chi connectivity index (χ0v) is 12.5. The Balaban J connectivity index is 1.77. The Morgan fingerprint density at radius 3 is 2.64 bits per heavy atom. The molecule has 2 aromatic carbocycles. The van der Waals surface area contributed by atoms with E-state index < -0.39 is 4.92 Å². The van der Waals surface area contributed by atoms with Gasteiger partial charge in [-0.25, -0.2) is 0 Å². The molecule has 0 spiro atoms. The fourth-order valence-electron chi connectivity index (χ4n) is 2.59. The van der Waals surface area contributed by atoms with Crippen LogP contribution in [0, 0.1) is 10.1 Å². The number of nitrogens with zero attached hydrogens (tertiary/aromatic N) is 1. The van der Waals surface area contributed by atoms with E-state index in [9.17, 15) is 15.2 Å². The van der Waals surface area contributed by atoms with Crippen LogP contribution < -0.4 is 5.32 Å². The second-order valence-corrected chi connectivity index (χ2v) is 5.85. The van der Waals surface area contributed by atoms with E-state index in [2.05, 4.69) is 5.32 Å². The van der Waals surface area contributed by atoms with Crippen LogP contribution in [0.4, 0.5) is 11.4 Å². The summed E-state index contributed by atoms with van der Waals surface area (Å²) in [5.41, 5.74) is 2.30. The molecule has 0 bridgehead atoms. The second-order valence-electron chi connectivity index (χ2n) is 5.41. The lowest BCUT2D eigenvalue weighted by atomic mass is 10.1. The molecule has 1 aliphatic carbocycles. The van der Waals surface area contributed by atoms with E-state index in [1.54, 1.807) is 12.1 Å². The SMILES string of the molecule is O=[N+]([O-])c1ccc(CO)cc1NC1CC1c1ccc(Cl)cc1. The highest BCUT2D eigenvalue weighted by atomic mass is 35.5. The molecule has 1 saturated carbocycles. The van der Waals surface area contributed by atoms with E-state index in [4.69, 9.17) is 11.6 Å². The summed E-state index contributed by atoms with van der Waals surface area (Å²) in [4.78, 5) is 10.7. The van der Waals surface area contributed by atoms with Crippen molar-refractivity contribution in [1.82, 2.24) is 0 Å². The van der Waals surface area contributed by atoms with Crippen molar-refractivity contribution in [2.24, 2.45) is 0 Å². The van der Waals surface area contributed by atoms with Gasteiger partial charge in [-0.05, 0) is 41.8 Å². The Morgan fingerprint density at radius 1 is 1.27 bits per heavy atom. The van der Waals surface area contributed by atoms with Crippen molar-refractivity contribution >= 4 is 23.0 Å². The van der Waals surface area contributed by atoms with Crippen LogP contribution in [0.3, 0.4) is 0 Å². The van der Waals surface area contributed by atoms with E-state index in [0.717, 1.165) is 6.42 Å². The van der Waals surface area contributed by atoms with Crippen LogP contribution in [-0.4, -0.2) is 16.1 Å². The second kappa shape index (κ2) is 5.94. The van der Waals surface area contributed by atoms with E-state index in [1.807, 2.05) is 24.3 Å². The molecule has 1 fully saturated rings. The lowest BCUT2D eigenvalue weighted by Crippen LogP contribution is -2.07. The third kappa shape index (κ3) is 3.05. The quantitative estimate of drug-likeness (QED) is 0.651. The number of rotatable bonds is 5. The largest absolute Gasteiger partial charge is 0.392 e. The summed E-state index contributed by atoms with van der Waals surface area (Å²) >= 11 is 5.88. The van der Waals surface area contributed by atoms with Gasteiger partial charge in [-0.15, -0.1) is 0 Å². The monoisotopic (exact) mass is 318 g/mol. The summed E-state index contributed by atoms with van der Waals surface area (Å²) in [5.74, 6) is 0.328. The standard InChI is InChI=1S/C16H15ClN2O3/c17-12-4-2-11(3-5-12)13-8-14(13)18-15-7-10(9-20)1-6-16(15)19(21)22/h1-7,13-14,18,20H,8-9H2. The molecule has 0 aromatic heterocycles. The average molecular weight is 319 g/mol. The van der Waals surface area contributed by atoms with Crippen molar-refractivity contribution in [3.8, 4) is 0 Å². The first-order valence-electron chi connectivity index (χ1n) is 6.98. The predicted molar refractivity (Wildman–Crippen MR) is 85.2 cm³/mol. The molecule has 2 N–H and O–H groups in total. The van der Waals surface area contributed by atoms with Gasteiger partial charge in [0.15, 0.2) is 0 Å². The van der Waals surface area contributed by atoms with Crippen molar-refractivity contribution in [3.05, 3.63) is 68.7 Å². The summed E-state index contributed by atoms with van der Waals surface area (Å²) in [7, 11) is 0.